The lowest BCUT2D eigenvalue weighted by Gasteiger charge is -2.13. The van der Waals surface area contributed by atoms with E-state index in [0.29, 0.717) is 11.3 Å². The van der Waals surface area contributed by atoms with E-state index in [2.05, 4.69) is 10.2 Å². The Labute approximate surface area is 112 Å². The van der Waals surface area contributed by atoms with Crippen molar-refractivity contribution in [3.8, 4) is 0 Å². The summed E-state index contributed by atoms with van der Waals surface area (Å²) in [5.74, 6) is 0. The van der Waals surface area contributed by atoms with E-state index in [4.69, 9.17) is 0 Å². The fraction of sp³-hybridized carbons (Fsp3) is 0.133. The third-order valence-electron chi connectivity index (χ3n) is 2.64. The molecular weight excluding hydrogens is 238 g/mol. The molecule has 0 aliphatic heterocycles. The molecule has 0 atom stereocenters. The van der Waals surface area contributed by atoms with Crippen molar-refractivity contribution in [1.29, 1.82) is 0 Å². The normalized spacial score (nSPS) is 10.6. The van der Waals surface area contributed by atoms with Crippen molar-refractivity contribution in [1.82, 2.24) is 0 Å². The Bertz CT molecular complexity index is 606. The Balaban J connectivity index is 2.35. The minimum atomic E-state index is 0.411. The third-order valence-corrected chi connectivity index (χ3v) is 2.64. The molecule has 0 aliphatic rings. The number of para-hydroxylation sites is 1. The number of nitrogens with zero attached hydrogens (tertiary/aromatic N) is 3. The minimum Gasteiger partial charge on any atom is -0.376 e. The van der Waals surface area contributed by atoms with Crippen LogP contribution in [0.5, 0.6) is 0 Å². The first kappa shape index (κ1) is 13.0. The van der Waals surface area contributed by atoms with E-state index >= 15 is 0 Å². The van der Waals surface area contributed by atoms with Gasteiger partial charge in [0.25, 0.3) is 0 Å². The fourth-order valence-corrected chi connectivity index (χ4v) is 1.68. The van der Waals surface area contributed by atoms with Gasteiger partial charge in [-0.3, -0.25) is 4.79 Å². The molecule has 0 unspecified atom stereocenters. The van der Waals surface area contributed by atoms with Crippen LogP contribution in [0.2, 0.25) is 0 Å². The van der Waals surface area contributed by atoms with Crippen molar-refractivity contribution in [2.75, 3.05) is 19.0 Å². The number of carbonyl (C=O) groups excluding carboxylic acids is 1. The Morgan fingerprint density at radius 1 is 0.895 bits per heavy atom. The predicted molar refractivity (Wildman–Crippen MR) is 76.2 cm³/mol. The average molecular weight is 252 g/mol. The lowest BCUT2D eigenvalue weighted by atomic mass is 10.2. The van der Waals surface area contributed by atoms with Gasteiger partial charge in [0.1, 0.15) is 5.69 Å². The van der Waals surface area contributed by atoms with Crippen LogP contribution >= 0.6 is 0 Å². The second kappa shape index (κ2) is 5.91. The fourth-order valence-electron chi connectivity index (χ4n) is 1.68. The molecule has 95 valence electrons. The van der Waals surface area contributed by atoms with Gasteiger partial charge in [-0.25, -0.2) is 0 Å². The molecule has 0 bridgehead atoms. The standard InChI is InChI=1S/C15H14N3O/c1-18(2)15-10-6-5-9-14(15)17-16-13-8-4-3-7-12(13)11-19/h3-10H,1-2H3/b17-16+. The largest absolute Gasteiger partial charge is 0.376 e. The van der Waals surface area contributed by atoms with Gasteiger partial charge in [-0.05, 0) is 24.3 Å². The smallest absolute Gasteiger partial charge is 0.235 e. The third kappa shape index (κ3) is 3.04. The monoisotopic (exact) mass is 252 g/mol. The molecule has 0 N–H and O–H groups in total. The summed E-state index contributed by atoms with van der Waals surface area (Å²) in [5.41, 5.74) is 2.66. The van der Waals surface area contributed by atoms with Crippen molar-refractivity contribution in [3.63, 3.8) is 0 Å². The highest BCUT2D eigenvalue weighted by atomic mass is 16.1. The summed E-state index contributed by atoms with van der Waals surface area (Å²) in [6.45, 7) is 0. The average Bonchev–Trinajstić information content (AvgIpc) is 2.45. The summed E-state index contributed by atoms with van der Waals surface area (Å²) >= 11 is 0. The van der Waals surface area contributed by atoms with E-state index in [1.165, 1.54) is 0 Å². The Morgan fingerprint density at radius 3 is 2.16 bits per heavy atom. The van der Waals surface area contributed by atoms with Crippen LogP contribution in [0.4, 0.5) is 17.1 Å². The molecule has 2 rings (SSSR count). The molecular formula is C15H14N3O. The predicted octanol–water partition coefficient (Wildman–Crippen LogP) is 3.63. The van der Waals surface area contributed by atoms with Gasteiger partial charge in [0, 0.05) is 14.1 Å². The summed E-state index contributed by atoms with van der Waals surface area (Å²) in [4.78, 5) is 12.7. The van der Waals surface area contributed by atoms with Crippen LogP contribution in [0.25, 0.3) is 0 Å². The quantitative estimate of drug-likeness (QED) is 0.780. The van der Waals surface area contributed by atoms with Gasteiger partial charge in [0.2, 0.25) is 6.29 Å². The van der Waals surface area contributed by atoms with E-state index < -0.39 is 0 Å². The van der Waals surface area contributed by atoms with Gasteiger partial charge in [-0.15, -0.1) is 10.2 Å². The van der Waals surface area contributed by atoms with Crippen LogP contribution in [0.1, 0.15) is 5.56 Å². The molecule has 0 saturated carbocycles. The van der Waals surface area contributed by atoms with Crippen LogP contribution in [0.3, 0.4) is 0 Å². The van der Waals surface area contributed by atoms with Gasteiger partial charge in [-0.1, -0.05) is 24.3 Å². The second-order valence-electron chi connectivity index (χ2n) is 4.20. The van der Waals surface area contributed by atoms with E-state index in [-0.39, 0.29) is 0 Å². The summed E-state index contributed by atoms with van der Waals surface area (Å²) in [7, 11) is 3.89. The number of benzene rings is 2. The SMILES string of the molecule is CN(C)c1ccccc1/N=N/c1ccccc1[C]=O. The highest BCUT2D eigenvalue weighted by Gasteiger charge is 2.03. The summed E-state index contributed by atoms with van der Waals surface area (Å²) in [5, 5.41) is 8.34. The van der Waals surface area contributed by atoms with Crippen molar-refractivity contribution >= 4 is 23.3 Å². The van der Waals surface area contributed by atoms with E-state index in [0.717, 1.165) is 11.4 Å². The first-order chi connectivity index (χ1) is 9.22. The summed E-state index contributed by atoms with van der Waals surface area (Å²) in [6.07, 6.45) is 1.86. The minimum absolute atomic E-state index is 0.411. The maximum Gasteiger partial charge on any atom is 0.235 e. The van der Waals surface area contributed by atoms with Gasteiger partial charge < -0.3 is 4.90 Å². The molecule has 0 spiro atoms. The number of azo groups is 1. The summed E-state index contributed by atoms with van der Waals surface area (Å²) < 4.78 is 0. The molecule has 1 radical (unpaired) electrons. The number of anilines is 1. The lowest BCUT2D eigenvalue weighted by molar-refractivity contribution is 0.563. The van der Waals surface area contributed by atoms with Gasteiger partial charge in [-0.2, -0.15) is 0 Å². The molecule has 0 fully saturated rings. The number of hydrogen-bond donors (Lipinski definition) is 0. The lowest BCUT2D eigenvalue weighted by Crippen LogP contribution is -2.08. The van der Waals surface area contributed by atoms with Crippen molar-refractivity contribution < 1.29 is 4.79 Å². The first-order valence-corrected chi connectivity index (χ1v) is 5.87. The molecule has 4 nitrogen and oxygen atoms in total. The topological polar surface area (TPSA) is 45.0 Å². The van der Waals surface area contributed by atoms with Crippen LogP contribution in [-0.2, 0) is 4.79 Å². The zero-order valence-electron chi connectivity index (χ0n) is 10.9. The molecule has 0 heterocycles. The Kier molecular flexibility index (Phi) is 4.03. The first-order valence-electron chi connectivity index (χ1n) is 5.87. The van der Waals surface area contributed by atoms with Crippen LogP contribution in [0.15, 0.2) is 58.8 Å². The molecule has 0 saturated heterocycles. The molecule has 4 heteroatoms. The molecule has 0 aromatic heterocycles. The van der Waals surface area contributed by atoms with E-state index in [1.807, 2.05) is 55.6 Å². The molecule has 0 amide bonds. The van der Waals surface area contributed by atoms with Crippen LogP contribution in [0, 0.1) is 0 Å². The van der Waals surface area contributed by atoms with Crippen molar-refractivity contribution in [2.45, 2.75) is 0 Å². The Hall–Kier alpha value is -2.49. The van der Waals surface area contributed by atoms with E-state index in [1.54, 1.807) is 18.2 Å². The highest BCUT2D eigenvalue weighted by Crippen LogP contribution is 2.28. The molecule has 19 heavy (non-hydrogen) atoms. The van der Waals surface area contributed by atoms with Crippen LogP contribution in [-0.4, -0.2) is 20.4 Å². The zero-order chi connectivity index (χ0) is 13.7. The second-order valence-corrected chi connectivity index (χ2v) is 4.20. The molecule has 2 aromatic carbocycles. The maximum atomic E-state index is 10.8. The number of hydrogen-bond acceptors (Lipinski definition) is 4. The van der Waals surface area contributed by atoms with Gasteiger partial charge in [0.15, 0.2) is 0 Å². The molecule has 2 aromatic rings. The van der Waals surface area contributed by atoms with Crippen molar-refractivity contribution in [3.05, 3.63) is 54.1 Å². The molecule has 0 aliphatic carbocycles. The van der Waals surface area contributed by atoms with Gasteiger partial charge in [0.05, 0.1) is 16.9 Å². The maximum absolute atomic E-state index is 10.8. The number of rotatable bonds is 4. The summed E-state index contributed by atoms with van der Waals surface area (Å²) in [6, 6.07) is 14.7. The highest BCUT2D eigenvalue weighted by molar-refractivity contribution is 5.83. The zero-order valence-corrected chi connectivity index (χ0v) is 10.9. The van der Waals surface area contributed by atoms with Gasteiger partial charge >= 0.3 is 0 Å². The van der Waals surface area contributed by atoms with E-state index in [9.17, 15) is 4.79 Å². The van der Waals surface area contributed by atoms with Crippen LogP contribution < -0.4 is 4.90 Å². The Morgan fingerprint density at radius 2 is 1.47 bits per heavy atom. The van der Waals surface area contributed by atoms with Crippen molar-refractivity contribution in [2.24, 2.45) is 10.2 Å².